The van der Waals surface area contributed by atoms with Gasteiger partial charge in [-0.3, -0.25) is 4.79 Å². The molecule has 0 atom stereocenters. The van der Waals surface area contributed by atoms with Crippen LogP contribution in [0.25, 0.3) is 22.7 Å². The van der Waals surface area contributed by atoms with Crippen LogP contribution in [0.15, 0.2) is 60.8 Å². The number of carbonyl (C=O) groups excluding carboxylic acids is 2. The van der Waals surface area contributed by atoms with Crippen molar-refractivity contribution in [1.29, 1.82) is 0 Å². The summed E-state index contributed by atoms with van der Waals surface area (Å²) in [6, 6.07) is 16.7. The number of tetrazole rings is 1. The molecule has 0 bridgehead atoms. The molecule has 0 amide bonds. The molecule has 0 unspecified atom stereocenters. The van der Waals surface area contributed by atoms with Crippen LogP contribution in [0, 0.1) is 6.92 Å². The number of ketones is 1. The van der Waals surface area contributed by atoms with Gasteiger partial charge in [0.2, 0.25) is 5.78 Å². The lowest BCUT2D eigenvalue weighted by atomic mass is 10.1. The van der Waals surface area contributed by atoms with E-state index in [2.05, 4.69) is 20.5 Å². The van der Waals surface area contributed by atoms with Gasteiger partial charge in [0.15, 0.2) is 18.1 Å². The minimum Gasteiger partial charge on any atom is -0.453 e. The van der Waals surface area contributed by atoms with Gasteiger partial charge in [0.1, 0.15) is 0 Å². The Hall–Kier alpha value is -4.07. The Morgan fingerprint density at radius 3 is 2.62 bits per heavy atom. The van der Waals surface area contributed by atoms with Crippen LogP contribution in [0.1, 0.15) is 21.7 Å². The SMILES string of the molecule is Cc1nnnn1/C(=C/c1ccccc1)C(=O)OCC(=O)c1c[nH]c2ccccc12. The zero-order chi connectivity index (χ0) is 20.2. The number of rotatable bonds is 6. The third kappa shape index (κ3) is 3.81. The van der Waals surface area contributed by atoms with E-state index in [1.165, 1.54) is 4.68 Å². The average molecular weight is 387 g/mol. The highest BCUT2D eigenvalue weighted by atomic mass is 16.5. The number of ether oxygens (including phenoxy) is 1. The maximum atomic E-state index is 12.8. The molecule has 0 aliphatic rings. The van der Waals surface area contributed by atoms with Gasteiger partial charge in [-0.15, -0.1) is 5.10 Å². The van der Waals surface area contributed by atoms with Crippen molar-refractivity contribution in [2.75, 3.05) is 6.61 Å². The van der Waals surface area contributed by atoms with E-state index in [-0.39, 0.29) is 11.5 Å². The molecule has 29 heavy (non-hydrogen) atoms. The van der Waals surface area contributed by atoms with Crippen LogP contribution >= 0.6 is 0 Å². The van der Waals surface area contributed by atoms with Crippen molar-refractivity contribution in [2.24, 2.45) is 0 Å². The third-order valence-electron chi connectivity index (χ3n) is 4.39. The van der Waals surface area contributed by atoms with Crippen LogP contribution in [0.3, 0.4) is 0 Å². The number of hydrogen-bond donors (Lipinski definition) is 1. The summed E-state index contributed by atoms with van der Waals surface area (Å²) in [6.45, 7) is 1.27. The second-order valence-corrected chi connectivity index (χ2v) is 6.33. The largest absolute Gasteiger partial charge is 0.453 e. The molecule has 144 valence electrons. The van der Waals surface area contributed by atoms with Gasteiger partial charge in [0.05, 0.1) is 0 Å². The minimum absolute atomic E-state index is 0.116. The lowest BCUT2D eigenvalue weighted by molar-refractivity contribution is -0.136. The van der Waals surface area contributed by atoms with E-state index >= 15 is 0 Å². The summed E-state index contributed by atoms with van der Waals surface area (Å²) in [6.07, 6.45) is 3.23. The van der Waals surface area contributed by atoms with Gasteiger partial charge in [-0.05, 0) is 35.1 Å². The molecule has 2 heterocycles. The Labute approximate surface area is 165 Å². The Bertz CT molecular complexity index is 1210. The van der Waals surface area contributed by atoms with Crippen molar-refractivity contribution < 1.29 is 14.3 Å². The first-order chi connectivity index (χ1) is 14.1. The van der Waals surface area contributed by atoms with Crippen LogP contribution in [0.5, 0.6) is 0 Å². The summed E-state index contributed by atoms with van der Waals surface area (Å²) in [4.78, 5) is 28.4. The number of Topliss-reactive ketones (excluding diaryl/α,β-unsaturated/α-hetero) is 1. The number of aromatic amines is 1. The number of aryl methyl sites for hydroxylation is 1. The fourth-order valence-electron chi connectivity index (χ4n) is 2.95. The number of benzene rings is 2. The van der Waals surface area contributed by atoms with E-state index < -0.39 is 12.6 Å². The normalized spacial score (nSPS) is 11.6. The van der Waals surface area contributed by atoms with Gasteiger partial charge in [-0.25, -0.2) is 4.79 Å². The first-order valence-corrected chi connectivity index (χ1v) is 8.92. The predicted octanol–water partition coefficient (Wildman–Crippen LogP) is 2.89. The smallest absolute Gasteiger partial charge is 0.357 e. The van der Waals surface area contributed by atoms with Gasteiger partial charge < -0.3 is 9.72 Å². The van der Waals surface area contributed by atoms with E-state index in [0.717, 1.165) is 16.5 Å². The van der Waals surface area contributed by atoms with Crippen LogP contribution in [0.4, 0.5) is 0 Å². The molecule has 0 aliphatic carbocycles. The molecule has 4 aromatic rings. The number of aromatic nitrogens is 5. The molecule has 0 spiro atoms. The van der Waals surface area contributed by atoms with E-state index in [9.17, 15) is 9.59 Å². The Morgan fingerprint density at radius 1 is 1.10 bits per heavy atom. The summed E-state index contributed by atoms with van der Waals surface area (Å²) in [7, 11) is 0. The fraction of sp³-hybridized carbons (Fsp3) is 0.0952. The van der Waals surface area contributed by atoms with Gasteiger partial charge in [0, 0.05) is 22.7 Å². The number of esters is 1. The van der Waals surface area contributed by atoms with Crippen LogP contribution in [0.2, 0.25) is 0 Å². The Morgan fingerprint density at radius 2 is 1.86 bits per heavy atom. The monoisotopic (exact) mass is 387 g/mol. The van der Waals surface area contributed by atoms with Crippen LogP contribution in [-0.4, -0.2) is 43.6 Å². The third-order valence-corrected chi connectivity index (χ3v) is 4.39. The average Bonchev–Trinajstić information content (AvgIpc) is 3.37. The van der Waals surface area contributed by atoms with Crippen molar-refractivity contribution in [1.82, 2.24) is 25.2 Å². The Kier molecular flexibility index (Phi) is 4.98. The lowest BCUT2D eigenvalue weighted by Crippen LogP contribution is -2.19. The predicted molar refractivity (Wildman–Crippen MR) is 107 cm³/mol. The van der Waals surface area contributed by atoms with E-state index in [4.69, 9.17) is 4.74 Å². The second kappa shape index (κ2) is 7.89. The van der Waals surface area contributed by atoms with Crippen LogP contribution in [-0.2, 0) is 9.53 Å². The number of hydrogen-bond acceptors (Lipinski definition) is 6. The molecule has 4 rings (SSSR count). The number of nitrogens with one attached hydrogen (secondary N) is 1. The number of carbonyl (C=O) groups is 2. The maximum Gasteiger partial charge on any atom is 0.357 e. The van der Waals surface area contributed by atoms with Gasteiger partial charge in [-0.2, -0.15) is 4.68 Å². The summed E-state index contributed by atoms with van der Waals surface area (Å²) >= 11 is 0. The molecule has 0 saturated heterocycles. The first kappa shape index (κ1) is 18.3. The molecule has 8 nitrogen and oxygen atoms in total. The fourth-order valence-corrected chi connectivity index (χ4v) is 2.95. The van der Waals surface area contributed by atoms with E-state index in [1.807, 2.05) is 54.6 Å². The molecule has 0 aliphatic heterocycles. The summed E-state index contributed by atoms with van der Waals surface area (Å²) < 4.78 is 6.59. The highest BCUT2D eigenvalue weighted by Crippen LogP contribution is 2.19. The quantitative estimate of drug-likeness (QED) is 0.310. The molecule has 1 N–H and O–H groups in total. The summed E-state index contributed by atoms with van der Waals surface area (Å²) in [5.74, 6) is -0.576. The molecular formula is C21H17N5O3. The zero-order valence-corrected chi connectivity index (χ0v) is 15.6. The number of H-pyrrole nitrogens is 1. The van der Waals surface area contributed by atoms with Gasteiger partial charge >= 0.3 is 5.97 Å². The molecule has 2 aromatic carbocycles. The molecule has 2 aromatic heterocycles. The molecule has 0 radical (unpaired) electrons. The minimum atomic E-state index is -0.697. The molecular weight excluding hydrogens is 370 g/mol. The van der Waals surface area contributed by atoms with Crippen LogP contribution < -0.4 is 0 Å². The summed E-state index contributed by atoms with van der Waals surface area (Å²) in [5, 5.41) is 12.0. The first-order valence-electron chi connectivity index (χ1n) is 8.92. The topological polar surface area (TPSA) is 103 Å². The van der Waals surface area contributed by atoms with Gasteiger partial charge in [-0.1, -0.05) is 48.5 Å². The number of para-hydroxylation sites is 1. The van der Waals surface area contributed by atoms with Crippen molar-refractivity contribution >= 4 is 34.4 Å². The number of fused-ring (bicyclic) bond motifs is 1. The van der Waals surface area contributed by atoms with E-state index in [0.29, 0.717) is 11.4 Å². The highest BCUT2D eigenvalue weighted by Gasteiger charge is 2.20. The number of nitrogens with zero attached hydrogens (tertiary/aromatic N) is 4. The Balaban J connectivity index is 1.56. The van der Waals surface area contributed by atoms with Crippen molar-refractivity contribution in [3.8, 4) is 0 Å². The standard InChI is InChI=1S/C21H17N5O3/c1-14-23-24-25-26(14)19(11-15-7-3-2-4-8-15)21(28)29-13-20(27)17-12-22-18-10-6-5-9-16(17)18/h2-12,22H,13H2,1H3/b19-11+. The van der Waals surface area contributed by atoms with Crippen molar-refractivity contribution in [3.05, 3.63) is 77.7 Å². The van der Waals surface area contributed by atoms with Crippen molar-refractivity contribution in [3.63, 3.8) is 0 Å². The highest BCUT2D eigenvalue weighted by molar-refractivity contribution is 6.16. The zero-order valence-electron chi connectivity index (χ0n) is 15.6. The molecule has 8 heteroatoms. The second-order valence-electron chi connectivity index (χ2n) is 6.33. The lowest BCUT2D eigenvalue weighted by Gasteiger charge is -2.08. The van der Waals surface area contributed by atoms with E-state index in [1.54, 1.807) is 19.2 Å². The van der Waals surface area contributed by atoms with Gasteiger partial charge in [0.25, 0.3) is 0 Å². The summed E-state index contributed by atoms with van der Waals surface area (Å²) in [5.41, 5.74) is 2.21. The molecule has 0 fully saturated rings. The maximum absolute atomic E-state index is 12.8. The van der Waals surface area contributed by atoms with Crippen molar-refractivity contribution in [2.45, 2.75) is 6.92 Å². The molecule has 0 saturated carbocycles.